The maximum atomic E-state index is 5.35. The molecule has 0 radical (unpaired) electrons. The lowest BCUT2D eigenvalue weighted by Crippen LogP contribution is -2.18. The highest BCUT2D eigenvalue weighted by Crippen LogP contribution is 2.20. The molecule has 0 aliphatic carbocycles. The van der Waals surface area contributed by atoms with E-state index in [1.165, 1.54) is 0 Å². The fourth-order valence-electron chi connectivity index (χ4n) is 2.04. The summed E-state index contributed by atoms with van der Waals surface area (Å²) in [4.78, 5) is 6.47. The van der Waals surface area contributed by atoms with E-state index in [1.807, 2.05) is 42.9 Å². The fourth-order valence-corrected chi connectivity index (χ4v) is 2.04. The van der Waals surface area contributed by atoms with Crippen LogP contribution >= 0.6 is 0 Å². The minimum atomic E-state index is 0.684. The summed E-state index contributed by atoms with van der Waals surface area (Å²) in [7, 11) is 1.99. The number of aryl methyl sites for hydroxylation is 1. The molecular formula is C13H14N4O. The van der Waals surface area contributed by atoms with E-state index in [0.717, 1.165) is 22.8 Å². The van der Waals surface area contributed by atoms with E-state index in [9.17, 15) is 0 Å². The van der Waals surface area contributed by atoms with Crippen molar-refractivity contribution < 1.29 is 4.42 Å². The van der Waals surface area contributed by atoms with Crippen molar-refractivity contribution in [3.05, 3.63) is 48.3 Å². The van der Waals surface area contributed by atoms with Crippen molar-refractivity contribution >= 4 is 11.3 Å². The molecule has 0 saturated heterocycles. The summed E-state index contributed by atoms with van der Waals surface area (Å²) in [6.07, 6.45) is 5.29. The number of fused-ring (bicyclic) bond motifs is 1. The second-order valence-corrected chi connectivity index (χ2v) is 4.30. The molecular weight excluding hydrogens is 228 g/mol. The van der Waals surface area contributed by atoms with E-state index in [0.29, 0.717) is 6.54 Å². The van der Waals surface area contributed by atoms with Crippen LogP contribution in [-0.4, -0.2) is 21.6 Å². The van der Waals surface area contributed by atoms with E-state index in [1.54, 1.807) is 12.5 Å². The number of anilines is 1. The van der Waals surface area contributed by atoms with Gasteiger partial charge in [0, 0.05) is 19.4 Å². The highest BCUT2D eigenvalue weighted by Gasteiger charge is 2.11. The zero-order valence-electron chi connectivity index (χ0n) is 10.4. The van der Waals surface area contributed by atoms with Crippen molar-refractivity contribution in [1.29, 1.82) is 0 Å². The highest BCUT2D eigenvalue weighted by molar-refractivity contribution is 5.68. The lowest BCUT2D eigenvalue weighted by atomic mass is 10.3. The molecule has 5 nitrogen and oxygen atoms in total. The smallest absolute Gasteiger partial charge is 0.154 e. The summed E-state index contributed by atoms with van der Waals surface area (Å²) >= 11 is 0. The lowest BCUT2D eigenvalue weighted by molar-refractivity contribution is 0.507. The van der Waals surface area contributed by atoms with Gasteiger partial charge in [-0.15, -0.1) is 0 Å². The second kappa shape index (κ2) is 4.18. The third-order valence-electron chi connectivity index (χ3n) is 2.83. The molecule has 3 aromatic rings. The van der Waals surface area contributed by atoms with E-state index in [-0.39, 0.29) is 0 Å². The fraction of sp³-hybridized carbons (Fsp3) is 0.231. The van der Waals surface area contributed by atoms with Gasteiger partial charge in [0.05, 0.1) is 18.5 Å². The van der Waals surface area contributed by atoms with Gasteiger partial charge in [-0.1, -0.05) is 0 Å². The summed E-state index contributed by atoms with van der Waals surface area (Å²) in [5.74, 6) is 1.81. The van der Waals surface area contributed by atoms with Crippen LogP contribution in [0.1, 0.15) is 11.5 Å². The van der Waals surface area contributed by atoms with Crippen molar-refractivity contribution in [3.63, 3.8) is 0 Å². The Balaban J connectivity index is 1.98. The standard InChI is InChI=1S/C13H14N4O/c1-10-8-12-13(14-5-6-17(12)15-10)16(2)9-11-4-3-7-18-11/h3-8H,9H2,1-2H3. The number of hydrogen-bond acceptors (Lipinski definition) is 4. The summed E-state index contributed by atoms with van der Waals surface area (Å²) in [6, 6.07) is 5.87. The average molecular weight is 242 g/mol. The van der Waals surface area contributed by atoms with Gasteiger partial charge >= 0.3 is 0 Å². The summed E-state index contributed by atoms with van der Waals surface area (Å²) < 4.78 is 7.19. The molecule has 5 heteroatoms. The number of rotatable bonds is 3. The zero-order valence-corrected chi connectivity index (χ0v) is 10.4. The van der Waals surface area contributed by atoms with Crippen LogP contribution < -0.4 is 4.90 Å². The minimum absolute atomic E-state index is 0.684. The maximum Gasteiger partial charge on any atom is 0.154 e. The van der Waals surface area contributed by atoms with E-state index < -0.39 is 0 Å². The molecule has 0 spiro atoms. The van der Waals surface area contributed by atoms with Gasteiger partial charge in [0.2, 0.25) is 0 Å². The monoisotopic (exact) mass is 242 g/mol. The van der Waals surface area contributed by atoms with Crippen molar-refractivity contribution in [2.45, 2.75) is 13.5 Å². The maximum absolute atomic E-state index is 5.35. The van der Waals surface area contributed by atoms with Gasteiger partial charge in [-0.2, -0.15) is 5.10 Å². The Morgan fingerprint density at radius 3 is 3.11 bits per heavy atom. The molecule has 0 atom stereocenters. The van der Waals surface area contributed by atoms with E-state index >= 15 is 0 Å². The number of aromatic nitrogens is 3. The molecule has 0 saturated carbocycles. The molecule has 92 valence electrons. The molecule has 0 aromatic carbocycles. The van der Waals surface area contributed by atoms with E-state index in [4.69, 9.17) is 4.42 Å². The zero-order chi connectivity index (χ0) is 12.5. The first-order chi connectivity index (χ1) is 8.74. The molecule has 0 fully saturated rings. The van der Waals surface area contributed by atoms with Crippen LogP contribution in [0, 0.1) is 6.92 Å². The molecule has 0 bridgehead atoms. The Kier molecular flexibility index (Phi) is 2.51. The lowest BCUT2D eigenvalue weighted by Gasteiger charge is -2.17. The first kappa shape index (κ1) is 10.8. The van der Waals surface area contributed by atoms with Gasteiger partial charge in [0.25, 0.3) is 0 Å². The van der Waals surface area contributed by atoms with Crippen LogP contribution in [0.5, 0.6) is 0 Å². The Hall–Kier alpha value is -2.30. The quantitative estimate of drug-likeness (QED) is 0.706. The molecule has 0 unspecified atom stereocenters. The third-order valence-corrected chi connectivity index (χ3v) is 2.83. The molecule has 3 heterocycles. The predicted molar refractivity (Wildman–Crippen MR) is 68.5 cm³/mol. The van der Waals surface area contributed by atoms with Crippen LogP contribution in [0.15, 0.2) is 41.3 Å². The van der Waals surface area contributed by atoms with Gasteiger partial charge in [-0.3, -0.25) is 0 Å². The topological polar surface area (TPSA) is 46.6 Å². The number of nitrogens with zero attached hydrogens (tertiary/aromatic N) is 4. The Morgan fingerprint density at radius 1 is 1.44 bits per heavy atom. The summed E-state index contributed by atoms with van der Waals surface area (Å²) in [5, 5.41) is 4.38. The van der Waals surface area contributed by atoms with Crippen LogP contribution in [0.3, 0.4) is 0 Å². The normalized spacial score (nSPS) is 11.0. The minimum Gasteiger partial charge on any atom is -0.467 e. The van der Waals surface area contributed by atoms with Gasteiger partial charge in [-0.25, -0.2) is 9.50 Å². The van der Waals surface area contributed by atoms with Crippen LogP contribution in [-0.2, 0) is 6.54 Å². The van der Waals surface area contributed by atoms with Crippen LogP contribution in [0.4, 0.5) is 5.82 Å². The highest BCUT2D eigenvalue weighted by atomic mass is 16.3. The predicted octanol–water partition coefficient (Wildman–Crippen LogP) is 2.27. The third kappa shape index (κ3) is 1.84. The van der Waals surface area contributed by atoms with Gasteiger partial charge in [-0.05, 0) is 25.1 Å². The van der Waals surface area contributed by atoms with Crippen molar-refractivity contribution in [1.82, 2.24) is 14.6 Å². The largest absolute Gasteiger partial charge is 0.467 e. The van der Waals surface area contributed by atoms with Crippen molar-refractivity contribution in [3.8, 4) is 0 Å². The summed E-state index contributed by atoms with van der Waals surface area (Å²) in [6.45, 7) is 2.66. The second-order valence-electron chi connectivity index (χ2n) is 4.30. The Morgan fingerprint density at radius 2 is 2.33 bits per heavy atom. The van der Waals surface area contributed by atoms with Gasteiger partial charge in [0.15, 0.2) is 5.82 Å². The number of furan rings is 1. The van der Waals surface area contributed by atoms with Crippen molar-refractivity contribution in [2.24, 2.45) is 0 Å². The first-order valence-electron chi connectivity index (χ1n) is 5.78. The number of hydrogen-bond donors (Lipinski definition) is 0. The van der Waals surface area contributed by atoms with Crippen LogP contribution in [0.25, 0.3) is 5.52 Å². The molecule has 3 rings (SSSR count). The van der Waals surface area contributed by atoms with Crippen molar-refractivity contribution in [2.75, 3.05) is 11.9 Å². The Labute approximate surface area is 105 Å². The molecule has 0 amide bonds. The van der Waals surface area contributed by atoms with Gasteiger partial charge in [0.1, 0.15) is 11.3 Å². The molecule has 0 aliphatic rings. The first-order valence-corrected chi connectivity index (χ1v) is 5.78. The molecule has 3 aromatic heterocycles. The van der Waals surface area contributed by atoms with Gasteiger partial charge < -0.3 is 9.32 Å². The molecule has 0 aliphatic heterocycles. The SMILES string of the molecule is Cc1cc2c(N(C)Cc3ccco3)nccn2n1. The Bertz CT molecular complexity index is 657. The van der Waals surface area contributed by atoms with E-state index in [2.05, 4.69) is 15.0 Å². The van der Waals surface area contributed by atoms with Crippen LogP contribution in [0.2, 0.25) is 0 Å². The summed E-state index contributed by atoms with van der Waals surface area (Å²) in [5.41, 5.74) is 1.99. The average Bonchev–Trinajstić information content (AvgIpc) is 2.95. The molecule has 0 N–H and O–H groups in total. The molecule has 18 heavy (non-hydrogen) atoms.